The zero-order valence-corrected chi connectivity index (χ0v) is 26.8. The Morgan fingerprint density at radius 3 is 1.35 bits per heavy atom. The molecule has 3 nitrogen and oxygen atoms in total. The van der Waals surface area contributed by atoms with Gasteiger partial charge >= 0.3 is 0 Å². The van der Waals surface area contributed by atoms with Gasteiger partial charge in [0.2, 0.25) is 0 Å². The van der Waals surface area contributed by atoms with Crippen molar-refractivity contribution in [1.82, 2.24) is 15.0 Å². The number of benzene rings is 7. The molecule has 0 amide bonds. The van der Waals surface area contributed by atoms with E-state index in [-0.39, 0.29) is 0 Å². The minimum Gasteiger partial charge on any atom is -0.208 e. The predicted octanol–water partition coefficient (Wildman–Crippen LogP) is 11.4. The van der Waals surface area contributed by atoms with E-state index in [0.717, 1.165) is 39.8 Å². The topological polar surface area (TPSA) is 38.7 Å². The third kappa shape index (κ3) is 5.52. The number of aromatic nitrogens is 3. The van der Waals surface area contributed by atoms with Crippen molar-refractivity contribution in [2.45, 2.75) is 6.42 Å². The lowest BCUT2D eigenvalue weighted by Gasteiger charge is -2.15. The van der Waals surface area contributed by atoms with Gasteiger partial charge in [-0.1, -0.05) is 158 Å². The standard InChI is InChI=1S/C46H31N3/c1-4-13-31(14-5-1)32-23-25-33(26-24-32)37-27-38(41-21-12-22-42-40-20-11-10-19-36(40)30-43(41)42)29-39(28-37)46-48-44(34-15-6-2-7-16-34)47-45(49-46)35-17-8-3-9-18-35/h1-29H,30H2. The molecule has 49 heavy (non-hydrogen) atoms. The van der Waals surface area contributed by atoms with Crippen LogP contribution in [0.25, 0.3) is 78.7 Å². The van der Waals surface area contributed by atoms with Crippen LogP contribution < -0.4 is 0 Å². The lowest BCUT2D eigenvalue weighted by molar-refractivity contribution is 1.07. The number of hydrogen-bond acceptors (Lipinski definition) is 3. The average molecular weight is 626 g/mol. The lowest BCUT2D eigenvalue weighted by atomic mass is 9.91. The fraction of sp³-hybridized carbons (Fsp3) is 0.0217. The summed E-state index contributed by atoms with van der Waals surface area (Å²) in [5.41, 5.74) is 15.2. The quantitative estimate of drug-likeness (QED) is 0.185. The van der Waals surface area contributed by atoms with E-state index in [9.17, 15) is 0 Å². The van der Waals surface area contributed by atoms with Gasteiger partial charge in [-0.05, 0) is 80.3 Å². The highest BCUT2D eigenvalue weighted by Crippen LogP contribution is 2.43. The molecule has 0 bridgehead atoms. The molecule has 0 saturated heterocycles. The zero-order chi connectivity index (χ0) is 32.6. The van der Waals surface area contributed by atoms with Gasteiger partial charge in [-0.15, -0.1) is 0 Å². The van der Waals surface area contributed by atoms with Crippen LogP contribution in [0, 0.1) is 0 Å². The summed E-state index contributed by atoms with van der Waals surface area (Å²) < 4.78 is 0. The van der Waals surface area contributed by atoms with Gasteiger partial charge in [-0.2, -0.15) is 0 Å². The van der Waals surface area contributed by atoms with Gasteiger partial charge in [0.05, 0.1) is 0 Å². The van der Waals surface area contributed by atoms with E-state index in [0.29, 0.717) is 17.5 Å². The molecule has 0 aliphatic heterocycles. The van der Waals surface area contributed by atoms with Crippen LogP contribution in [0.2, 0.25) is 0 Å². The van der Waals surface area contributed by atoms with Gasteiger partial charge < -0.3 is 0 Å². The van der Waals surface area contributed by atoms with E-state index in [1.165, 1.54) is 38.9 Å². The molecular formula is C46H31N3. The highest BCUT2D eigenvalue weighted by Gasteiger charge is 2.22. The van der Waals surface area contributed by atoms with Crippen molar-refractivity contribution in [3.05, 3.63) is 187 Å². The molecule has 0 atom stereocenters. The zero-order valence-electron chi connectivity index (χ0n) is 26.8. The second-order valence-corrected chi connectivity index (χ2v) is 12.4. The van der Waals surface area contributed by atoms with Crippen molar-refractivity contribution in [2.24, 2.45) is 0 Å². The van der Waals surface area contributed by atoms with E-state index >= 15 is 0 Å². The molecule has 9 rings (SSSR count). The average Bonchev–Trinajstić information content (AvgIpc) is 3.58. The first-order chi connectivity index (χ1) is 24.3. The third-order valence-electron chi connectivity index (χ3n) is 9.38. The molecular weight excluding hydrogens is 595 g/mol. The Labute approximate surface area is 286 Å². The molecule has 230 valence electrons. The van der Waals surface area contributed by atoms with Gasteiger partial charge in [-0.3, -0.25) is 0 Å². The summed E-state index contributed by atoms with van der Waals surface area (Å²) in [7, 11) is 0. The number of hydrogen-bond donors (Lipinski definition) is 0. The first kappa shape index (κ1) is 28.7. The maximum atomic E-state index is 5.11. The van der Waals surface area contributed by atoms with Gasteiger partial charge in [-0.25, -0.2) is 15.0 Å². The summed E-state index contributed by atoms with van der Waals surface area (Å²) >= 11 is 0. The van der Waals surface area contributed by atoms with Gasteiger partial charge in [0.15, 0.2) is 17.5 Å². The molecule has 1 heterocycles. The van der Waals surface area contributed by atoms with Crippen molar-refractivity contribution in [1.29, 1.82) is 0 Å². The van der Waals surface area contributed by atoms with Crippen molar-refractivity contribution in [3.63, 3.8) is 0 Å². The molecule has 7 aromatic carbocycles. The summed E-state index contributed by atoms with van der Waals surface area (Å²) in [6.45, 7) is 0. The summed E-state index contributed by atoms with van der Waals surface area (Å²) in [5.74, 6) is 1.95. The van der Waals surface area contributed by atoms with E-state index < -0.39 is 0 Å². The van der Waals surface area contributed by atoms with Crippen LogP contribution in [-0.4, -0.2) is 15.0 Å². The second-order valence-electron chi connectivity index (χ2n) is 12.4. The Balaban J connectivity index is 1.24. The highest BCUT2D eigenvalue weighted by molar-refractivity contribution is 5.88. The predicted molar refractivity (Wildman–Crippen MR) is 201 cm³/mol. The Hall–Kier alpha value is -6.45. The van der Waals surface area contributed by atoms with Crippen LogP contribution in [0.3, 0.4) is 0 Å². The molecule has 3 heteroatoms. The molecule has 1 aromatic heterocycles. The minimum atomic E-state index is 0.646. The van der Waals surface area contributed by atoms with E-state index in [1.54, 1.807) is 0 Å². The van der Waals surface area contributed by atoms with Gasteiger partial charge in [0.25, 0.3) is 0 Å². The third-order valence-corrected chi connectivity index (χ3v) is 9.38. The van der Waals surface area contributed by atoms with Crippen molar-refractivity contribution in [3.8, 4) is 78.7 Å². The molecule has 0 unspecified atom stereocenters. The lowest BCUT2D eigenvalue weighted by Crippen LogP contribution is -2.00. The number of rotatable bonds is 6. The smallest absolute Gasteiger partial charge is 0.164 e. The van der Waals surface area contributed by atoms with E-state index in [4.69, 9.17) is 15.0 Å². The van der Waals surface area contributed by atoms with Crippen LogP contribution in [0.4, 0.5) is 0 Å². The first-order valence-corrected chi connectivity index (χ1v) is 16.7. The fourth-order valence-electron chi connectivity index (χ4n) is 6.93. The normalized spacial score (nSPS) is 11.6. The van der Waals surface area contributed by atoms with Crippen LogP contribution in [0.5, 0.6) is 0 Å². The van der Waals surface area contributed by atoms with Crippen molar-refractivity contribution in [2.75, 3.05) is 0 Å². The van der Waals surface area contributed by atoms with Crippen LogP contribution >= 0.6 is 0 Å². The van der Waals surface area contributed by atoms with Crippen molar-refractivity contribution >= 4 is 0 Å². The molecule has 0 fully saturated rings. The molecule has 0 N–H and O–H groups in total. The molecule has 1 aliphatic rings. The van der Waals surface area contributed by atoms with Crippen LogP contribution in [0.1, 0.15) is 11.1 Å². The second kappa shape index (κ2) is 12.3. The van der Waals surface area contributed by atoms with E-state index in [2.05, 4.69) is 140 Å². The summed E-state index contributed by atoms with van der Waals surface area (Å²) in [5, 5.41) is 0. The molecule has 1 aliphatic carbocycles. The monoisotopic (exact) mass is 625 g/mol. The van der Waals surface area contributed by atoms with Crippen molar-refractivity contribution < 1.29 is 0 Å². The summed E-state index contributed by atoms with van der Waals surface area (Å²) in [6, 6.07) is 61.9. The van der Waals surface area contributed by atoms with E-state index in [1.807, 2.05) is 36.4 Å². The first-order valence-electron chi connectivity index (χ1n) is 16.7. The van der Waals surface area contributed by atoms with Gasteiger partial charge in [0, 0.05) is 16.7 Å². The number of fused-ring (bicyclic) bond motifs is 3. The maximum Gasteiger partial charge on any atom is 0.164 e. The number of nitrogens with zero attached hydrogens (tertiary/aromatic N) is 3. The van der Waals surface area contributed by atoms with Crippen LogP contribution in [-0.2, 0) is 6.42 Å². The Morgan fingerprint density at radius 1 is 0.286 bits per heavy atom. The summed E-state index contributed by atoms with van der Waals surface area (Å²) in [6.07, 6.45) is 0.912. The highest BCUT2D eigenvalue weighted by atomic mass is 15.0. The Morgan fingerprint density at radius 2 is 0.714 bits per heavy atom. The van der Waals surface area contributed by atoms with Gasteiger partial charge in [0.1, 0.15) is 0 Å². The molecule has 0 radical (unpaired) electrons. The fourth-order valence-corrected chi connectivity index (χ4v) is 6.93. The Kier molecular flexibility index (Phi) is 7.21. The molecule has 8 aromatic rings. The maximum absolute atomic E-state index is 5.11. The summed E-state index contributed by atoms with van der Waals surface area (Å²) in [4.78, 5) is 15.2. The largest absolute Gasteiger partial charge is 0.208 e. The molecule has 0 spiro atoms. The molecule has 0 saturated carbocycles. The van der Waals surface area contributed by atoms with Crippen LogP contribution in [0.15, 0.2) is 176 Å². The SMILES string of the molecule is c1ccc(-c2ccc(-c3cc(-c4nc(-c5ccccc5)nc(-c5ccccc5)n4)cc(-c4cccc5c4Cc4ccccc4-5)c3)cc2)cc1. The minimum absolute atomic E-state index is 0.646. The Bertz CT molecular complexity index is 2380.